The minimum absolute atomic E-state index is 0.0528. The number of nitrogens with two attached hydrogens (primary N) is 1. The maximum Gasteiger partial charge on any atom is 0.289 e. The van der Waals surface area contributed by atoms with E-state index in [0.717, 1.165) is 0 Å². The minimum Gasteiger partial charge on any atom is -0.393 e. The van der Waals surface area contributed by atoms with Crippen LogP contribution in [0.3, 0.4) is 0 Å². The first-order valence-corrected chi connectivity index (χ1v) is 6.45. The van der Waals surface area contributed by atoms with Crippen molar-refractivity contribution >= 4 is 15.5 Å². The van der Waals surface area contributed by atoms with Gasteiger partial charge in [-0.1, -0.05) is 6.92 Å². The van der Waals surface area contributed by atoms with Gasteiger partial charge >= 0.3 is 0 Å². The number of nitrogens with zero attached hydrogens (tertiary/aromatic N) is 1. The maximum atomic E-state index is 11.4. The molecule has 6 nitrogen and oxygen atoms in total. The van der Waals surface area contributed by atoms with Crippen molar-refractivity contribution in [3.63, 3.8) is 0 Å². The number of anilines is 1. The highest BCUT2D eigenvalue weighted by Gasteiger charge is 2.11. The summed E-state index contributed by atoms with van der Waals surface area (Å²) in [4.78, 5) is 11.4. The van der Waals surface area contributed by atoms with Gasteiger partial charge in [0, 0.05) is 5.75 Å². The van der Waals surface area contributed by atoms with Crippen molar-refractivity contribution < 1.29 is 8.42 Å². The predicted octanol–water partition coefficient (Wildman–Crippen LogP) is -0.498. The van der Waals surface area contributed by atoms with Crippen molar-refractivity contribution in [1.29, 1.82) is 0 Å². The van der Waals surface area contributed by atoms with E-state index in [1.165, 1.54) is 4.68 Å². The first kappa shape index (κ1) is 11.8. The Morgan fingerprint density at radius 2 is 2.07 bits per heavy atom. The van der Waals surface area contributed by atoms with E-state index in [1.807, 2.05) is 0 Å². The molecule has 0 aromatic carbocycles. The fraction of sp³-hybridized carbons (Fsp3) is 0.625. The number of aromatic amines is 1. The smallest absolute Gasteiger partial charge is 0.289 e. The van der Waals surface area contributed by atoms with E-state index in [9.17, 15) is 13.2 Å². The van der Waals surface area contributed by atoms with E-state index in [2.05, 4.69) is 5.10 Å². The standard InChI is InChI=1S/C8H15N3O3S/c1-3-15(13,14)5-4-11-8(12)7(9)6(2)10-11/h10H,3-5,9H2,1-2H3. The van der Waals surface area contributed by atoms with Gasteiger partial charge in [0.1, 0.15) is 5.69 Å². The SMILES string of the molecule is CCS(=O)(=O)CCn1[nH]c(C)c(N)c1=O. The Kier molecular flexibility index (Phi) is 3.23. The largest absolute Gasteiger partial charge is 0.393 e. The zero-order valence-corrected chi connectivity index (χ0v) is 9.60. The summed E-state index contributed by atoms with van der Waals surface area (Å²) in [5, 5.41) is 2.72. The van der Waals surface area contributed by atoms with Gasteiger partial charge in [-0.15, -0.1) is 0 Å². The molecule has 0 fully saturated rings. The highest BCUT2D eigenvalue weighted by atomic mass is 32.2. The highest BCUT2D eigenvalue weighted by molar-refractivity contribution is 7.91. The third-order valence-electron chi connectivity index (χ3n) is 2.25. The van der Waals surface area contributed by atoms with E-state index >= 15 is 0 Å². The van der Waals surface area contributed by atoms with Crippen LogP contribution in [0.25, 0.3) is 0 Å². The topological polar surface area (TPSA) is 97.9 Å². The molecule has 0 saturated heterocycles. The predicted molar refractivity (Wildman–Crippen MR) is 58.5 cm³/mol. The fourth-order valence-electron chi connectivity index (χ4n) is 1.15. The summed E-state index contributed by atoms with van der Waals surface area (Å²) in [5.41, 5.74) is 5.80. The molecule has 1 rings (SSSR count). The highest BCUT2D eigenvalue weighted by Crippen LogP contribution is 2.00. The first-order chi connectivity index (χ1) is 6.87. The second-order valence-electron chi connectivity index (χ2n) is 3.34. The van der Waals surface area contributed by atoms with Crippen molar-refractivity contribution in [2.45, 2.75) is 20.4 Å². The van der Waals surface area contributed by atoms with Gasteiger partial charge in [-0.2, -0.15) is 0 Å². The summed E-state index contributed by atoms with van der Waals surface area (Å²) in [5.74, 6) is 0.0275. The molecule has 15 heavy (non-hydrogen) atoms. The molecule has 0 aliphatic carbocycles. The lowest BCUT2D eigenvalue weighted by Crippen LogP contribution is -2.23. The van der Waals surface area contributed by atoms with Crippen molar-refractivity contribution in [3.8, 4) is 0 Å². The van der Waals surface area contributed by atoms with Crippen LogP contribution in [-0.2, 0) is 16.4 Å². The van der Waals surface area contributed by atoms with Crippen LogP contribution < -0.4 is 11.3 Å². The molecule has 1 aromatic rings. The molecule has 1 aromatic heterocycles. The molecule has 0 aliphatic rings. The molecule has 7 heteroatoms. The molecule has 0 amide bonds. The van der Waals surface area contributed by atoms with Crippen LogP contribution in [0, 0.1) is 6.92 Å². The normalized spacial score (nSPS) is 11.9. The van der Waals surface area contributed by atoms with E-state index in [0.29, 0.717) is 5.69 Å². The Labute approximate surface area is 88.0 Å². The van der Waals surface area contributed by atoms with Gasteiger partial charge in [-0.3, -0.25) is 14.6 Å². The van der Waals surface area contributed by atoms with Crippen LogP contribution in [0.2, 0.25) is 0 Å². The zero-order chi connectivity index (χ0) is 11.6. The molecular weight excluding hydrogens is 218 g/mol. The number of sulfone groups is 1. The summed E-state index contributed by atoms with van der Waals surface area (Å²) >= 11 is 0. The Morgan fingerprint density at radius 3 is 2.47 bits per heavy atom. The minimum atomic E-state index is -3.06. The van der Waals surface area contributed by atoms with Gasteiger partial charge < -0.3 is 5.73 Å². The van der Waals surface area contributed by atoms with E-state index in [4.69, 9.17) is 5.73 Å². The van der Waals surface area contributed by atoms with Crippen LogP contribution in [0.1, 0.15) is 12.6 Å². The molecule has 0 aliphatic heterocycles. The molecule has 0 bridgehead atoms. The molecule has 0 atom stereocenters. The Bertz CT molecular complexity index is 498. The van der Waals surface area contributed by atoms with Crippen molar-refractivity contribution in [2.24, 2.45) is 0 Å². The molecule has 86 valence electrons. The molecule has 0 radical (unpaired) electrons. The van der Waals surface area contributed by atoms with Crippen LogP contribution >= 0.6 is 0 Å². The van der Waals surface area contributed by atoms with Gasteiger partial charge in [-0.05, 0) is 6.92 Å². The van der Waals surface area contributed by atoms with Crippen molar-refractivity contribution in [1.82, 2.24) is 9.78 Å². The summed E-state index contributed by atoms with van der Waals surface area (Å²) in [6, 6.07) is 0. The number of nitrogens with one attached hydrogen (secondary N) is 1. The number of H-pyrrole nitrogens is 1. The van der Waals surface area contributed by atoms with Crippen LogP contribution in [0.5, 0.6) is 0 Å². The summed E-state index contributed by atoms with van der Waals surface area (Å²) < 4.78 is 23.7. The summed E-state index contributed by atoms with van der Waals surface area (Å²) in [6.07, 6.45) is 0. The molecule has 0 unspecified atom stereocenters. The molecular formula is C8H15N3O3S. The third-order valence-corrected chi connectivity index (χ3v) is 3.93. The van der Waals surface area contributed by atoms with Crippen molar-refractivity contribution in [3.05, 3.63) is 16.0 Å². The van der Waals surface area contributed by atoms with Crippen LogP contribution in [-0.4, -0.2) is 29.7 Å². The Balaban J connectivity index is 2.84. The summed E-state index contributed by atoms with van der Waals surface area (Å²) in [6.45, 7) is 3.36. The number of aromatic nitrogens is 2. The lowest BCUT2D eigenvalue weighted by molar-refractivity contribution is 0.576. The van der Waals surface area contributed by atoms with E-state index in [-0.39, 0.29) is 29.3 Å². The maximum absolute atomic E-state index is 11.4. The van der Waals surface area contributed by atoms with Gasteiger partial charge in [0.15, 0.2) is 9.84 Å². The number of nitrogen functional groups attached to an aromatic ring is 1. The summed E-state index contributed by atoms with van der Waals surface area (Å²) in [7, 11) is -3.06. The average molecular weight is 233 g/mol. The van der Waals surface area contributed by atoms with Crippen molar-refractivity contribution in [2.75, 3.05) is 17.2 Å². The third kappa shape index (κ3) is 2.62. The number of aryl methyl sites for hydroxylation is 2. The quantitative estimate of drug-likeness (QED) is 0.732. The first-order valence-electron chi connectivity index (χ1n) is 4.62. The molecule has 3 N–H and O–H groups in total. The fourth-order valence-corrected chi connectivity index (χ4v) is 1.90. The van der Waals surface area contributed by atoms with Gasteiger partial charge in [0.25, 0.3) is 5.56 Å². The Hall–Kier alpha value is -1.24. The monoisotopic (exact) mass is 233 g/mol. The second kappa shape index (κ2) is 4.09. The van der Waals surface area contributed by atoms with Gasteiger partial charge in [-0.25, -0.2) is 8.42 Å². The van der Waals surface area contributed by atoms with E-state index in [1.54, 1.807) is 13.8 Å². The lowest BCUT2D eigenvalue weighted by atomic mass is 10.4. The Morgan fingerprint density at radius 1 is 1.47 bits per heavy atom. The molecule has 0 saturated carbocycles. The number of hydrogen-bond acceptors (Lipinski definition) is 4. The van der Waals surface area contributed by atoms with Gasteiger partial charge in [0.2, 0.25) is 0 Å². The number of hydrogen-bond donors (Lipinski definition) is 2. The number of rotatable bonds is 4. The molecule has 0 spiro atoms. The second-order valence-corrected chi connectivity index (χ2v) is 5.82. The van der Waals surface area contributed by atoms with Crippen LogP contribution in [0.4, 0.5) is 5.69 Å². The average Bonchev–Trinajstić information content (AvgIpc) is 2.43. The van der Waals surface area contributed by atoms with Gasteiger partial charge in [0.05, 0.1) is 18.0 Å². The molecule has 1 heterocycles. The zero-order valence-electron chi connectivity index (χ0n) is 8.78. The van der Waals surface area contributed by atoms with Crippen LogP contribution in [0.15, 0.2) is 4.79 Å². The van der Waals surface area contributed by atoms with E-state index < -0.39 is 9.84 Å². The lowest BCUT2D eigenvalue weighted by Gasteiger charge is -2.01.